The van der Waals surface area contributed by atoms with Crippen LogP contribution in [0.15, 0.2) is 40.7 Å². The minimum atomic E-state index is -0.0747. The molecule has 3 nitrogen and oxygen atoms in total. The Labute approximate surface area is 116 Å². The molecule has 1 unspecified atom stereocenters. The van der Waals surface area contributed by atoms with Crippen molar-refractivity contribution in [3.05, 3.63) is 46.4 Å². The number of thiazole rings is 1. The molecule has 0 spiro atoms. The fraction of sp³-hybridized carbons (Fsp3) is 0.231. The predicted molar refractivity (Wildman–Crippen MR) is 76.6 cm³/mol. The normalized spacial score (nSPS) is 12.1. The summed E-state index contributed by atoms with van der Waals surface area (Å²) in [7, 11) is 0. The van der Waals surface area contributed by atoms with Crippen molar-refractivity contribution < 1.29 is 4.79 Å². The molecule has 0 bridgehead atoms. The SMILES string of the molecule is CC(CNC(=O)c1cccc(S)c1)c1nccs1. The minimum Gasteiger partial charge on any atom is -0.351 e. The lowest BCUT2D eigenvalue weighted by atomic mass is 10.1. The maximum atomic E-state index is 11.9. The summed E-state index contributed by atoms with van der Waals surface area (Å²) in [4.78, 5) is 16.9. The fourth-order valence-electron chi connectivity index (χ4n) is 1.56. The van der Waals surface area contributed by atoms with E-state index < -0.39 is 0 Å². The second-order valence-electron chi connectivity index (χ2n) is 4.03. The van der Waals surface area contributed by atoms with Crippen LogP contribution in [0, 0.1) is 0 Å². The molecule has 1 N–H and O–H groups in total. The molecule has 0 aliphatic carbocycles. The van der Waals surface area contributed by atoms with Gasteiger partial charge in [-0.05, 0) is 18.2 Å². The molecule has 2 rings (SSSR count). The van der Waals surface area contributed by atoms with Crippen molar-refractivity contribution in [2.24, 2.45) is 0 Å². The van der Waals surface area contributed by atoms with Gasteiger partial charge in [-0.25, -0.2) is 4.98 Å². The summed E-state index contributed by atoms with van der Waals surface area (Å²) in [5, 5.41) is 5.89. The third-order valence-electron chi connectivity index (χ3n) is 2.55. The van der Waals surface area contributed by atoms with Crippen LogP contribution in [-0.4, -0.2) is 17.4 Å². The highest BCUT2D eigenvalue weighted by Gasteiger charge is 2.11. The van der Waals surface area contributed by atoms with Gasteiger partial charge in [-0.1, -0.05) is 13.0 Å². The average Bonchev–Trinajstić information content (AvgIpc) is 2.89. The van der Waals surface area contributed by atoms with E-state index in [1.165, 1.54) is 0 Å². The first kappa shape index (κ1) is 13.1. The van der Waals surface area contributed by atoms with Gasteiger partial charge in [0.15, 0.2) is 0 Å². The second-order valence-corrected chi connectivity index (χ2v) is 5.47. The number of hydrogen-bond acceptors (Lipinski definition) is 4. The number of nitrogens with zero attached hydrogens (tertiary/aromatic N) is 1. The van der Waals surface area contributed by atoms with E-state index in [1.54, 1.807) is 29.7 Å². The summed E-state index contributed by atoms with van der Waals surface area (Å²) in [6.45, 7) is 2.64. The predicted octanol–water partition coefficient (Wildman–Crippen LogP) is 2.97. The smallest absolute Gasteiger partial charge is 0.251 e. The topological polar surface area (TPSA) is 42.0 Å². The first-order valence-electron chi connectivity index (χ1n) is 5.63. The van der Waals surface area contributed by atoms with Crippen LogP contribution >= 0.6 is 24.0 Å². The molecule has 2 aromatic rings. The summed E-state index contributed by atoms with van der Waals surface area (Å²) in [5.41, 5.74) is 0.633. The van der Waals surface area contributed by atoms with Crippen LogP contribution in [0.25, 0.3) is 0 Å². The van der Waals surface area contributed by atoms with Crippen molar-refractivity contribution in [1.82, 2.24) is 10.3 Å². The molecule has 1 aromatic carbocycles. The highest BCUT2D eigenvalue weighted by Crippen LogP contribution is 2.16. The molecular weight excluding hydrogens is 264 g/mol. The zero-order chi connectivity index (χ0) is 13.0. The summed E-state index contributed by atoms with van der Waals surface area (Å²) in [6, 6.07) is 7.20. The summed E-state index contributed by atoms with van der Waals surface area (Å²) >= 11 is 5.82. The molecule has 1 aromatic heterocycles. The zero-order valence-electron chi connectivity index (χ0n) is 9.96. The molecular formula is C13H14N2OS2. The molecule has 1 heterocycles. The van der Waals surface area contributed by atoms with E-state index in [1.807, 2.05) is 24.4 Å². The number of nitrogens with one attached hydrogen (secondary N) is 1. The number of amides is 1. The highest BCUT2D eigenvalue weighted by atomic mass is 32.1. The van der Waals surface area contributed by atoms with Crippen LogP contribution in [0.3, 0.4) is 0 Å². The van der Waals surface area contributed by atoms with Gasteiger partial charge in [-0.15, -0.1) is 24.0 Å². The number of carbonyl (C=O) groups excluding carboxylic acids is 1. The molecule has 1 atom stereocenters. The van der Waals surface area contributed by atoms with Crippen LogP contribution in [0.4, 0.5) is 0 Å². The summed E-state index contributed by atoms with van der Waals surface area (Å²) in [6.07, 6.45) is 1.78. The van der Waals surface area contributed by atoms with Crippen molar-refractivity contribution in [3.8, 4) is 0 Å². The van der Waals surface area contributed by atoms with Crippen LogP contribution in [-0.2, 0) is 0 Å². The summed E-state index contributed by atoms with van der Waals surface area (Å²) in [5.74, 6) is 0.155. The largest absolute Gasteiger partial charge is 0.351 e. The molecule has 0 aliphatic heterocycles. The lowest BCUT2D eigenvalue weighted by Gasteiger charge is -2.10. The van der Waals surface area contributed by atoms with Gasteiger partial charge in [0, 0.05) is 34.5 Å². The first-order valence-corrected chi connectivity index (χ1v) is 6.96. The quantitative estimate of drug-likeness (QED) is 0.844. The Bertz CT molecular complexity index is 526. The number of rotatable bonds is 4. The molecule has 0 radical (unpaired) electrons. The average molecular weight is 278 g/mol. The maximum absolute atomic E-state index is 11.9. The molecule has 0 saturated carbocycles. The third kappa shape index (κ3) is 3.34. The first-order chi connectivity index (χ1) is 8.66. The Morgan fingerprint density at radius 3 is 3.06 bits per heavy atom. The van der Waals surface area contributed by atoms with Gasteiger partial charge in [0.1, 0.15) is 0 Å². The van der Waals surface area contributed by atoms with E-state index in [9.17, 15) is 4.79 Å². The molecule has 1 amide bonds. The number of aromatic nitrogens is 1. The monoisotopic (exact) mass is 278 g/mol. The minimum absolute atomic E-state index is 0.0747. The van der Waals surface area contributed by atoms with Crippen LogP contribution in [0.5, 0.6) is 0 Å². The van der Waals surface area contributed by atoms with Crippen LogP contribution in [0.1, 0.15) is 28.2 Å². The lowest BCUT2D eigenvalue weighted by Crippen LogP contribution is -2.27. The van der Waals surface area contributed by atoms with Crippen molar-refractivity contribution in [2.45, 2.75) is 17.7 Å². The van der Waals surface area contributed by atoms with E-state index in [0.29, 0.717) is 12.1 Å². The van der Waals surface area contributed by atoms with Gasteiger partial charge >= 0.3 is 0 Å². The van der Waals surface area contributed by atoms with Crippen molar-refractivity contribution >= 4 is 29.9 Å². The Morgan fingerprint density at radius 2 is 2.39 bits per heavy atom. The van der Waals surface area contributed by atoms with Gasteiger partial charge in [-0.2, -0.15) is 0 Å². The number of carbonyl (C=O) groups is 1. The van der Waals surface area contributed by atoms with Gasteiger partial charge in [0.05, 0.1) is 5.01 Å². The fourth-order valence-corrected chi connectivity index (χ4v) is 2.48. The molecule has 5 heteroatoms. The summed E-state index contributed by atoms with van der Waals surface area (Å²) < 4.78 is 0. The molecule has 0 saturated heterocycles. The van der Waals surface area contributed by atoms with E-state index in [-0.39, 0.29) is 11.8 Å². The van der Waals surface area contributed by atoms with E-state index in [4.69, 9.17) is 0 Å². The maximum Gasteiger partial charge on any atom is 0.251 e. The Hall–Kier alpha value is -1.33. The second kappa shape index (κ2) is 6.02. The zero-order valence-corrected chi connectivity index (χ0v) is 11.7. The number of benzene rings is 1. The van der Waals surface area contributed by atoms with E-state index in [2.05, 4.69) is 22.9 Å². The van der Waals surface area contributed by atoms with Crippen molar-refractivity contribution in [1.29, 1.82) is 0 Å². The van der Waals surface area contributed by atoms with E-state index >= 15 is 0 Å². The molecule has 0 fully saturated rings. The van der Waals surface area contributed by atoms with Crippen LogP contribution < -0.4 is 5.32 Å². The highest BCUT2D eigenvalue weighted by molar-refractivity contribution is 7.80. The third-order valence-corrected chi connectivity index (χ3v) is 3.84. The standard InChI is InChI=1S/C13H14N2OS2/c1-9(13-14-5-6-18-13)8-15-12(16)10-3-2-4-11(17)7-10/h2-7,9,17H,8H2,1H3,(H,15,16). The Balaban J connectivity index is 1.92. The van der Waals surface area contributed by atoms with Crippen molar-refractivity contribution in [2.75, 3.05) is 6.54 Å². The van der Waals surface area contributed by atoms with E-state index in [0.717, 1.165) is 9.90 Å². The molecule has 94 valence electrons. The molecule has 0 aliphatic rings. The van der Waals surface area contributed by atoms with Gasteiger partial charge in [0.2, 0.25) is 0 Å². The van der Waals surface area contributed by atoms with Gasteiger partial charge < -0.3 is 5.32 Å². The number of hydrogen-bond donors (Lipinski definition) is 2. The van der Waals surface area contributed by atoms with Gasteiger partial charge in [0.25, 0.3) is 5.91 Å². The van der Waals surface area contributed by atoms with Crippen LogP contribution in [0.2, 0.25) is 0 Å². The number of thiol groups is 1. The lowest BCUT2D eigenvalue weighted by molar-refractivity contribution is 0.0951. The Kier molecular flexibility index (Phi) is 4.38. The van der Waals surface area contributed by atoms with Gasteiger partial charge in [-0.3, -0.25) is 4.79 Å². The van der Waals surface area contributed by atoms with Crippen molar-refractivity contribution in [3.63, 3.8) is 0 Å². The Morgan fingerprint density at radius 1 is 1.56 bits per heavy atom. The molecule has 18 heavy (non-hydrogen) atoms.